The minimum absolute atomic E-state index is 0.134. The summed E-state index contributed by atoms with van der Waals surface area (Å²) in [5.41, 5.74) is 5.67. The summed E-state index contributed by atoms with van der Waals surface area (Å²) >= 11 is 0. The van der Waals surface area contributed by atoms with E-state index in [1.165, 1.54) is 0 Å². The van der Waals surface area contributed by atoms with Crippen LogP contribution in [0.2, 0.25) is 0 Å². The molecular formula is C16H33N3O2. The highest BCUT2D eigenvalue weighted by Gasteiger charge is 2.22. The Morgan fingerprint density at radius 3 is 2.52 bits per heavy atom. The van der Waals surface area contributed by atoms with E-state index < -0.39 is 0 Å². The van der Waals surface area contributed by atoms with E-state index in [9.17, 15) is 4.79 Å². The number of nitrogens with two attached hydrogens (primary N) is 1. The van der Waals surface area contributed by atoms with E-state index >= 15 is 0 Å². The highest BCUT2D eigenvalue weighted by atomic mass is 16.5. The topological polar surface area (TPSA) is 67.6 Å². The van der Waals surface area contributed by atoms with Gasteiger partial charge >= 0.3 is 0 Å². The monoisotopic (exact) mass is 299 g/mol. The lowest BCUT2D eigenvalue weighted by atomic mass is 10.0. The predicted octanol–water partition coefficient (Wildman–Crippen LogP) is 1.22. The normalized spacial score (nSPS) is 19.5. The van der Waals surface area contributed by atoms with Gasteiger partial charge in [0.05, 0.1) is 13.2 Å². The molecule has 1 fully saturated rings. The van der Waals surface area contributed by atoms with Crippen molar-refractivity contribution in [1.82, 2.24) is 10.2 Å². The van der Waals surface area contributed by atoms with Crippen molar-refractivity contribution in [3.8, 4) is 0 Å². The third-order valence-electron chi connectivity index (χ3n) is 4.23. The first-order chi connectivity index (χ1) is 10.1. The van der Waals surface area contributed by atoms with E-state index in [-0.39, 0.29) is 5.91 Å². The van der Waals surface area contributed by atoms with Crippen molar-refractivity contribution in [3.63, 3.8) is 0 Å². The van der Waals surface area contributed by atoms with Crippen LogP contribution in [0.1, 0.15) is 40.0 Å². The molecule has 21 heavy (non-hydrogen) atoms. The zero-order valence-electron chi connectivity index (χ0n) is 13.9. The number of nitrogens with one attached hydrogen (secondary N) is 1. The summed E-state index contributed by atoms with van der Waals surface area (Å²) in [7, 11) is 0. The first kappa shape index (κ1) is 18.4. The van der Waals surface area contributed by atoms with Gasteiger partial charge in [0.1, 0.15) is 0 Å². The molecule has 5 nitrogen and oxygen atoms in total. The van der Waals surface area contributed by atoms with E-state index in [2.05, 4.69) is 31.0 Å². The van der Waals surface area contributed by atoms with Crippen LogP contribution >= 0.6 is 0 Å². The van der Waals surface area contributed by atoms with Gasteiger partial charge in [-0.1, -0.05) is 27.2 Å². The lowest BCUT2D eigenvalue weighted by Crippen LogP contribution is -2.49. The Labute approximate surface area is 129 Å². The van der Waals surface area contributed by atoms with E-state index in [4.69, 9.17) is 10.5 Å². The van der Waals surface area contributed by atoms with Gasteiger partial charge in [-0.2, -0.15) is 0 Å². The van der Waals surface area contributed by atoms with Crippen LogP contribution in [-0.2, 0) is 9.53 Å². The number of hydrogen-bond donors (Lipinski definition) is 2. The van der Waals surface area contributed by atoms with Crippen molar-refractivity contribution in [2.45, 2.75) is 46.1 Å². The fourth-order valence-electron chi connectivity index (χ4n) is 2.81. The maximum Gasteiger partial charge on any atom is 0.220 e. The molecule has 2 atom stereocenters. The van der Waals surface area contributed by atoms with Gasteiger partial charge in [0.15, 0.2) is 0 Å². The summed E-state index contributed by atoms with van der Waals surface area (Å²) in [6.45, 7) is 11.4. The number of carbonyl (C=O) groups is 1. The smallest absolute Gasteiger partial charge is 0.220 e. The highest BCUT2D eigenvalue weighted by molar-refractivity contribution is 5.76. The minimum atomic E-state index is 0.134. The maximum atomic E-state index is 12.0. The maximum absolute atomic E-state index is 12.0. The number of rotatable bonds is 9. The molecule has 0 aliphatic carbocycles. The van der Waals surface area contributed by atoms with Gasteiger partial charge in [0.2, 0.25) is 5.91 Å². The molecule has 1 amide bonds. The third-order valence-corrected chi connectivity index (χ3v) is 4.23. The Balaban J connectivity index is 2.42. The van der Waals surface area contributed by atoms with E-state index in [1.807, 2.05) is 0 Å². The molecule has 0 aromatic rings. The fourth-order valence-corrected chi connectivity index (χ4v) is 2.81. The number of amides is 1. The van der Waals surface area contributed by atoms with Crippen LogP contribution in [0, 0.1) is 11.8 Å². The molecule has 124 valence electrons. The Morgan fingerprint density at radius 2 is 2.00 bits per heavy atom. The summed E-state index contributed by atoms with van der Waals surface area (Å²) in [6.07, 6.45) is 2.61. The Morgan fingerprint density at radius 1 is 1.33 bits per heavy atom. The van der Waals surface area contributed by atoms with Crippen molar-refractivity contribution < 1.29 is 9.53 Å². The average Bonchev–Trinajstić information content (AvgIpc) is 2.49. The van der Waals surface area contributed by atoms with Crippen molar-refractivity contribution in [1.29, 1.82) is 0 Å². The van der Waals surface area contributed by atoms with Crippen LogP contribution in [0.5, 0.6) is 0 Å². The van der Waals surface area contributed by atoms with Crippen LogP contribution in [0.3, 0.4) is 0 Å². The molecule has 0 aromatic heterocycles. The summed E-state index contributed by atoms with van der Waals surface area (Å²) in [4.78, 5) is 14.5. The summed E-state index contributed by atoms with van der Waals surface area (Å²) < 4.78 is 5.42. The molecule has 3 N–H and O–H groups in total. The lowest BCUT2D eigenvalue weighted by Gasteiger charge is -2.35. The zero-order valence-corrected chi connectivity index (χ0v) is 13.9. The lowest BCUT2D eigenvalue weighted by molar-refractivity contribution is -0.122. The second kappa shape index (κ2) is 10.1. The highest BCUT2D eigenvalue weighted by Crippen LogP contribution is 2.13. The zero-order chi connectivity index (χ0) is 15.7. The first-order valence-electron chi connectivity index (χ1n) is 8.35. The molecule has 1 aliphatic heterocycles. The van der Waals surface area contributed by atoms with Crippen molar-refractivity contribution in [3.05, 3.63) is 0 Å². The second-order valence-corrected chi connectivity index (χ2v) is 6.45. The molecule has 5 heteroatoms. The van der Waals surface area contributed by atoms with Gasteiger partial charge in [0.25, 0.3) is 0 Å². The van der Waals surface area contributed by atoms with Gasteiger partial charge in [-0.15, -0.1) is 0 Å². The van der Waals surface area contributed by atoms with Gasteiger partial charge in [-0.05, 0) is 24.8 Å². The molecular weight excluding hydrogens is 266 g/mol. The molecule has 1 saturated heterocycles. The third kappa shape index (κ3) is 7.25. The van der Waals surface area contributed by atoms with E-state index in [1.54, 1.807) is 0 Å². The van der Waals surface area contributed by atoms with E-state index in [0.717, 1.165) is 45.7 Å². The van der Waals surface area contributed by atoms with E-state index in [0.29, 0.717) is 30.8 Å². The summed E-state index contributed by atoms with van der Waals surface area (Å²) in [5.74, 6) is 1.06. The molecule has 1 heterocycles. The standard InChI is InChI=1S/C16H33N3O2/c1-4-14(11-17)10-16(20)18-12-15(9-13(2)3)19-5-7-21-8-6-19/h13-15H,4-12,17H2,1-3H3,(H,18,20). The number of carbonyl (C=O) groups excluding carboxylic acids is 1. The van der Waals surface area contributed by atoms with Crippen LogP contribution in [0.15, 0.2) is 0 Å². The van der Waals surface area contributed by atoms with Gasteiger partial charge < -0.3 is 15.8 Å². The molecule has 0 bridgehead atoms. The Hall–Kier alpha value is -0.650. The molecule has 0 spiro atoms. The predicted molar refractivity (Wildman–Crippen MR) is 86.1 cm³/mol. The van der Waals surface area contributed by atoms with Crippen molar-refractivity contribution in [2.75, 3.05) is 39.4 Å². The summed E-state index contributed by atoms with van der Waals surface area (Å²) in [6, 6.07) is 0.413. The number of morpholine rings is 1. The largest absolute Gasteiger partial charge is 0.379 e. The molecule has 1 aliphatic rings. The Kier molecular flexibility index (Phi) is 8.88. The molecule has 1 rings (SSSR count). The Bertz CT molecular complexity index is 287. The number of nitrogens with zero attached hydrogens (tertiary/aromatic N) is 1. The molecule has 0 radical (unpaired) electrons. The fraction of sp³-hybridized carbons (Fsp3) is 0.938. The van der Waals surface area contributed by atoms with Crippen LogP contribution < -0.4 is 11.1 Å². The van der Waals surface area contributed by atoms with Crippen molar-refractivity contribution in [2.24, 2.45) is 17.6 Å². The summed E-state index contributed by atoms with van der Waals surface area (Å²) in [5, 5.41) is 3.11. The van der Waals surface area contributed by atoms with Crippen LogP contribution in [0.4, 0.5) is 0 Å². The number of ether oxygens (including phenoxy) is 1. The second-order valence-electron chi connectivity index (χ2n) is 6.45. The average molecular weight is 299 g/mol. The van der Waals surface area contributed by atoms with Crippen molar-refractivity contribution >= 4 is 5.91 Å². The van der Waals surface area contributed by atoms with Gasteiger partial charge in [-0.25, -0.2) is 0 Å². The first-order valence-corrected chi connectivity index (χ1v) is 8.35. The molecule has 2 unspecified atom stereocenters. The van der Waals surface area contributed by atoms with Gasteiger partial charge in [0, 0.05) is 32.1 Å². The molecule has 0 saturated carbocycles. The number of hydrogen-bond acceptors (Lipinski definition) is 4. The quantitative estimate of drug-likeness (QED) is 0.672. The molecule has 0 aromatic carbocycles. The minimum Gasteiger partial charge on any atom is -0.379 e. The van der Waals surface area contributed by atoms with Crippen LogP contribution in [0.25, 0.3) is 0 Å². The van der Waals surface area contributed by atoms with Crippen LogP contribution in [-0.4, -0.2) is 56.2 Å². The SMILES string of the molecule is CCC(CN)CC(=O)NCC(CC(C)C)N1CCOCC1. The van der Waals surface area contributed by atoms with Gasteiger partial charge in [-0.3, -0.25) is 9.69 Å².